The first-order chi connectivity index (χ1) is 12.7. The summed E-state index contributed by atoms with van der Waals surface area (Å²) < 4.78 is 5.27. The lowest BCUT2D eigenvalue weighted by atomic mass is 9.44. The fraction of sp³-hybridized carbons (Fsp3) is 0.875. The Bertz CT molecular complexity index is 610. The molecule has 0 aromatic heterocycles. The Morgan fingerprint density at radius 1 is 1.07 bits per heavy atom. The van der Waals surface area contributed by atoms with Crippen LogP contribution in [-0.2, 0) is 8.98 Å². The first-order valence-corrected chi connectivity index (χ1v) is 11.6. The van der Waals surface area contributed by atoms with E-state index in [1.54, 1.807) is 0 Å². The highest BCUT2D eigenvalue weighted by Crippen LogP contribution is 2.67. The Hall–Kier alpha value is -0.280. The molecule has 0 amide bonds. The summed E-state index contributed by atoms with van der Waals surface area (Å²) in [5.74, 6) is 3.48. The van der Waals surface area contributed by atoms with E-state index in [0.29, 0.717) is 17.1 Å². The number of hydrogen-bond acceptors (Lipinski definition) is 3. The van der Waals surface area contributed by atoms with E-state index >= 15 is 0 Å². The molecule has 6 atom stereocenters. The van der Waals surface area contributed by atoms with Crippen LogP contribution in [0.5, 0.6) is 0 Å². The summed E-state index contributed by atoms with van der Waals surface area (Å²) in [6, 6.07) is 0. The first-order valence-electron chi connectivity index (χ1n) is 11.3. The van der Waals surface area contributed by atoms with E-state index in [1.807, 2.05) is 13.8 Å². The molecule has 2 nitrogen and oxygen atoms in total. The number of carbonyl (C=O) groups excluding carboxylic acids is 1. The molecule has 4 aliphatic carbocycles. The Kier molecular flexibility index (Phi) is 5.97. The van der Waals surface area contributed by atoms with Crippen molar-refractivity contribution < 1.29 is 8.98 Å². The van der Waals surface area contributed by atoms with Gasteiger partial charge in [0.2, 0.25) is 0 Å². The second-order valence-corrected chi connectivity index (χ2v) is 10.6. The van der Waals surface area contributed by atoms with Gasteiger partial charge in [0.15, 0.2) is 0 Å². The third kappa shape index (κ3) is 3.06. The number of Topliss-reactive ketones (excluding diaryl/α,β-unsaturated/α-hetero) is 1. The lowest BCUT2D eigenvalue weighted by Gasteiger charge is -2.59. The van der Waals surface area contributed by atoms with E-state index in [9.17, 15) is 4.79 Å². The van der Waals surface area contributed by atoms with Crippen LogP contribution in [-0.4, -0.2) is 12.4 Å². The summed E-state index contributed by atoms with van der Waals surface area (Å²) in [6.07, 6.45) is 10.8. The van der Waals surface area contributed by atoms with E-state index in [4.69, 9.17) is 4.18 Å². The van der Waals surface area contributed by atoms with Crippen LogP contribution in [0.15, 0.2) is 11.6 Å². The smallest absolute Gasteiger partial charge is 0.142 e. The minimum atomic E-state index is -0.253. The second-order valence-electron chi connectivity index (χ2n) is 10.3. The van der Waals surface area contributed by atoms with Crippen LogP contribution in [0.4, 0.5) is 0 Å². The van der Waals surface area contributed by atoms with Crippen LogP contribution in [0.25, 0.3) is 0 Å². The van der Waals surface area contributed by atoms with E-state index in [0.717, 1.165) is 37.2 Å². The van der Waals surface area contributed by atoms with Crippen molar-refractivity contribution in [2.75, 3.05) is 6.61 Å². The van der Waals surface area contributed by atoms with Crippen molar-refractivity contribution >= 4 is 18.7 Å². The Balaban J connectivity index is 0.00000102. The summed E-state index contributed by atoms with van der Waals surface area (Å²) in [7, 11) is 0. The summed E-state index contributed by atoms with van der Waals surface area (Å²) in [6.45, 7) is 14.1. The van der Waals surface area contributed by atoms with Crippen LogP contribution < -0.4 is 0 Å². The van der Waals surface area contributed by atoms with Crippen LogP contribution in [0.2, 0.25) is 0 Å². The molecular weight excluding hydrogens is 352 g/mol. The monoisotopic (exact) mass is 392 g/mol. The SMILES string of the molecule is CC.CC1(C)C(=O)CCC2(C)C1=CCC1C2CCC2(C)C(COS)CCC12. The van der Waals surface area contributed by atoms with Gasteiger partial charge in [-0.3, -0.25) is 4.79 Å². The largest absolute Gasteiger partial charge is 0.318 e. The molecule has 0 N–H and O–H groups in total. The third-order valence-electron chi connectivity index (χ3n) is 9.18. The molecule has 3 heteroatoms. The predicted molar refractivity (Wildman–Crippen MR) is 116 cm³/mol. The number of ketones is 1. The molecule has 4 aliphatic rings. The molecule has 0 aliphatic heterocycles. The molecule has 0 aromatic rings. The number of rotatable bonds is 2. The van der Waals surface area contributed by atoms with Crippen molar-refractivity contribution in [3.63, 3.8) is 0 Å². The molecule has 3 fully saturated rings. The van der Waals surface area contributed by atoms with Crippen molar-refractivity contribution in [3.8, 4) is 0 Å². The van der Waals surface area contributed by atoms with E-state index in [-0.39, 0.29) is 10.8 Å². The molecule has 0 aromatic carbocycles. The standard InChI is InChI=1S/C22H34O2S.C2H6/c1-20(2)18-8-6-15-16-7-5-14(13-24-25)21(16,3)11-9-17(15)22(18,4)12-10-19(20)23;1-2/h8,14-17,25H,5-7,9-13H2,1-4H3;1-2H3. The van der Waals surface area contributed by atoms with Crippen LogP contribution in [0.1, 0.15) is 86.5 Å². The van der Waals surface area contributed by atoms with Crippen LogP contribution >= 0.6 is 12.9 Å². The fourth-order valence-corrected chi connectivity index (χ4v) is 7.87. The predicted octanol–water partition coefficient (Wildman–Crippen LogP) is 6.66. The number of hydrogen-bond donors (Lipinski definition) is 1. The Morgan fingerprint density at radius 2 is 1.78 bits per heavy atom. The van der Waals surface area contributed by atoms with Gasteiger partial charge in [0.1, 0.15) is 5.78 Å². The molecule has 0 radical (unpaired) electrons. The molecule has 6 unspecified atom stereocenters. The normalized spacial score (nSPS) is 45.0. The lowest BCUT2D eigenvalue weighted by Crippen LogP contribution is -2.53. The van der Waals surface area contributed by atoms with Crippen molar-refractivity contribution in [2.45, 2.75) is 86.5 Å². The van der Waals surface area contributed by atoms with E-state index in [2.05, 4.69) is 46.7 Å². The summed E-state index contributed by atoms with van der Waals surface area (Å²) in [5, 5.41) is 0. The number of allylic oxidation sites excluding steroid dienone is 2. The van der Waals surface area contributed by atoms with Gasteiger partial charge in [-0.2, -0.15) is 0 Å². The average molecular weight is 393 g/mol. The zero-order valence-corrected chi connectivity index (χ0v) is 19.2. The van der Waals surface area contributed by atoms with Gasteiger partial charge in [-0.25, -0.2) is 0 Å². The summed E-state index contributed by atoms with van der Waals surface area (Å²) in [5.41, 5.74) is 1.87. The zero-order chi connectivity index (χ0) is 20.0. The van der Waals surface area contributed by atoms with Crippen LogP contribution in [0, 0.1) is 39.9 Å². The maximum absolute atomic E-state index is 12.6. The Labute approximate surface area is 172 Å². The average Bonchev–Trinajstić information content (AvgIpc) is 2.97. The van der Waals surface area contributed by atoms with Gasteiger partial charge >= 0.3 is 0 Å². The molecule has 0 spiro atoms. The van der Waals surface area contributed by atoms with Crippen molar-refractivity contribution in [2.24, 2.45) is 39.9 Å². The topological polar surface area (TPSA) is 26.3 Å². The minimum absolute atomic E-state index is 0.236. The third-order valence-corrected chi connectivity index (χ3v) is 9.33. The molecule has 0 saturated heterocycles. The van der Waals surface area contributed by atoms with E-state index < -0.39 is 0 Å². The number of carbonyl (C=O) groups is 1. The van der Waals surface area contributed by atoms with Gasteiger partial charge < -0.3 is 4.18 Å². The van der Waals surface area contributed by atoms with Gasteiger partial charge in [-0.1, -0.05) is 39.3 Å². The van der Waals surface area contributed by atoms with Crippen molar-refractivity contribution in [3.05, 3.63) is 11.6 Å². The molecule has 4 rings (SSSR count). The van der Waals surface area contributed by atoms with Gasteiger partial charge in [0.05, 0.1) is 6.61 Å². The maximum Gasteiger partial charge on any atom is 0.142 e. The van der Waals surface area contributed by atoms with E-state index in [1.165, 1.54) is 37.7 Å². The molecule has 3 saturated carbocycles. The molecule has 0 heterocycles. The second kappa shape index (κ2) is 7.52. The Morgan fingerprint density at radius 3 is 2.44 bits per heavy atom. The van der Waals surface area contributed by atoms with Gasteiger partial charge in [-0.15, -0.1) is 0 Å². The van der Waals surface area contributed by atoms with Gasteiger partial charge in [0.25, 0.3) is 0 Å². The highest BCUT2D eigenvalue weighted by Gasteiger charge is 2.60. The summed E-state index contributed by atoms with van der Waals surface area (Å²) >= 11 is 4.04. The molecule has 27 heavy (non-hydrogen) atoms. The highest BCUT2D eigenvalue weighted by molar-refractivity contribution is 7.75. The maximum atomic E-state index is 12.6. The first kappa shape index (κ1) is 21.4. The number of fused-ring (bicyclic) bond motifs is 5. The number of thiol groups is 1. The fourth-order valence-electron chi connectivity index (χ4n) is 7.69. The molecule has 0 bridgehead atoms. The minimum Gasteiger partial charge on any atom is -0.318 e. The van der Waals surface area contributed by atoms with Gasteiger partial charge in [-0.05, 0) is 99.8 Å². The molecule has 154 valence electrons. The van der Waals surface area contributed by atoms with Gasteiger partial charge in [0, 0.05) is 11.8 Å². The van der Waals surface area contributed by atoms with Crippen molar-refractivity contribution in [1.82, 2.24) is 0 Å². The van der Waals surface area contributed by atoms with Crippen molar-refractivity contribution in [1.29, 1.82) is 0 Å². The quantitative estimate of drug-likeness (QED) is 0.323. The van der Waals surface area contributed by atoms with Crippen LogP contribution in [0.3, 0.4) is 0 Å². The highest BCUT2D eigenvalue weighted by atomic mass is 32.1. The molecular formula is C24H40O2S. The zero-order valence-electron chi connectivity index (χ0n) is 18.3. The summed E-state index contributed by atoms with van der Waals surface area (Å²) in [4.78, 5) is 12.6. The lowest BCUT2D eigenvalue weighted by molar-refractivity contribution is -0.132.